The molecule has 0 radical (unpaired) electrons. The lowest BCUT2D eigenvalue weighted by molar-refractivity contribution is -0.122. The van der Waals surface area contributed by atoms with Crippen molar-refractivity contribution in [2.45, 2.75) is 17.9 Å². The molecular formula is C20H17N7O2. The Bertz CT molecular complexity index is 1150. The fourth-order valence-electron chi connectivity index (χ4n) is 4.77. The first-order valence-electron chi connectivity index (χ1n) is 9.48. The first-order chi connectivity index (χ1) is 14.1. The van der Waals surface area contributed by atoms with E-state index < -0.39 is 11.4 Å². The first-order valence-corrected chi connectivity index (χ1v) is 9.48. The number of aromatic amines is 1. The summed E-state index contributed by atoms with van der Waals surface area (Å²) >= 11 is 0. The number of anilines is 1. The summed E-state index contributed by atoms with van der Waals surface area (Å²) in [4.78, 5) is 39.1. The third kappa shape index (κ3) is 2.15. The molecule has 29 heavy (non-hydrogen) atoms. The zero-order chi connectivity index (χ0) is 19.8. The van der Waals surface area contributed by atoms with E-state index in [0.717, 1.165) is 11.3 Å². The van der Waals surface area contributed by atoms with Crippen LogP contribution < -0.4 is 10.2 Å². The van der Waals surface area contributed by atoms with E-state index >= 15 is 0 Å². The zero-order valence-corrected chi connectivity index (χ0v) is 15.5. The highest BCUT2D eigenvalue weighted by Gasteiger charge is 2.90. The molecular weight excluding hydrogens is 370 g/mol. The summed E-state index contributed by atoms with van der Waals surface area (Å²) in [5.41, 5.74) is 1.02. The van der Waals surface area contributed by atoms with Crippen LogP contribution in [0.1, 0.15) is 33.6 Å². The largest absolute Gasteiger partial charge is 0.334 e. The van der Waals surface area contributed by atoms with Crippen LogP contribution in [0.2, 0.25) is 0 Å². The van der Waals surface area contributed by atoms with Gasteiger partial charge in [-0.05, 0) is 5.56 Å². The van der Waals surface area contributed by atoms with E-state index in [1.807, 2.05) is 30.3 Å². The molecule has 2 aliphatic carbocycles. The van der Waals surface area contributed by atoms with Crippen molar-refractivity contribution in [1.29, 1.82) is 0 Å². The lowest BCUT2D eigenvalue weighted by Gasteiger charge is -2.25. The quantitative estimate of drug-likeness (QED) is 0.680. The number of amides is 2. The van der Waals surface area contributed by atoms with Crippen LogP contribution >= 0.6 is 0 Å². The summed E-state index contributed by atoms with van der Waals surface area (Å²) in [7, 11) is 1.68. The number of hydrogen-bond acceptors (Lipinski definition) is 6. The highest BCUT2D eigenvalue weighted by molar-refractivity contribution is 6.10. The molecule has 2 bridgehead atoms. The number of rotatable bonds is 4. The van der Waals surface area contributed by atoms with Gasteiger partial charge in [-0.1, -0.05) is 30.3 Å². The van der Waals surface area contributed by atoms with Crippen molar-refractivity contribution in [2.75, 3.05) is 11.9 Å². The van der Waals surface area contributed by atoms with E-state index in [1.54, 1.807) is 19.4 Å². The highest BCUT2D eigenvalue weighted by atomic mass is 16.2. The van der Waals surface area contributed by atoms with Gasteiger partial charge in [0, 0.05) is 43.6 Å². The molecule has 2 aromatic heterocycles. The number of hydrogen-bond donors (Lipinski definition) is 2. The lowest BCUT2D eigenvalue weighted by atomic mass is 9.95. The maximum absolute atomic E-state index is 13.1. The second kappa shape index (κ2) is 5.47. The number of nitrogens with one attached hydrogen (secondary N) is 2. The van der Waals surface area contributed by atoms with Gasteiger partial charge in [0.25, 0.3) is 11.8 Å². The van der Waals surface area contributed by atoms with Crippen molar-refractivity contribution < 1.29 is 9.59 Å². The predicted molar refractivity (Wildman–Crippen MR) is 101 cm³/mol. The van der Waals surface area contributed by atoms with Gasteiger partial charge in [0.05, 0.1) is 5.69 Å². The minimum absolute atomic E-state index is 0.0751. The lowest BCUT2D eigenvalue weighted by Crippen LogP contribution is -2.54. The molecule has 2 saturated carbocycles. The molecule has 7 rings (SSSR count). The molecule has 9 heteroatoms. The molecule has 4 heterocycles. The Morgan fingerprint density at radius 3 is 2.72 bits per heavy atom. The van der Waals surface area contributed by atoms with Crippen LogP contribution in [0, 0.1) is 11.8 Å². The molecule has 2 aliphatic heterocycles. The van der Waals surface area contributed by atoms with Crippen molar-refractivity contribution in [3.05, 3.63) is 65.6 Å². The monoisotopic (exact) mass is 387 g/mol. The third-order valence-corrected chi connectivity index (χ3v) is 6.24. The van der Waals surface area contributed by atoms with Gasteiger partial charge in [-0.2, -0.15) is 0 Å². The summed E-state index contributed by atoms with van der Waals surface area (Å²) < 4.78 is 0. The molecule has 2 amide bonds. The molecule has 3 aromatic rings. The summed E-state index contributed by atoms with van der Waals surface area (Å²) in [5, 5.41) is 11.0. The number of benzene rings is 1. The van der Waals surface area contributed by atoms with E-state index in [2.05, 4.69) is 30.5 Å². The van der Waals surface area contributed by atoms with E-state index in [1.165, 1.54) is 4.90 Å². The number of carbonyl (C=O) groups is 2. The van der Waals surface area contributed by atoms with E-state index in [4.69, 9.17) is 0 Å². The molecule has 144 valence electrons. The van der Waals surface area contributed by atoms with Crippen LogP contribution in [0.5, 0.6) is 0 Å². The third-order valence-electron chi connectivity index (χ3n) is 6.24. The SMILES string of the molecule is CN1C(=O)[C@]2(NC(=O)c3nnc(Cc4ccccc4)[nH]3)C3[C@@H](c4nccnc41)[C@H]32. The first kappa shape index (κ1) is 16.3. The fraction of sp³-hybridized carbons (Fsp3) is 0.300. The van der Waals surface area contributed by atoms with Gasteiger partial charge in [-0.3, -0.25) is 19.5 Å². The number of nitrogens with zero attached hydrogens (tertiary/aromatic N) is 5. The molecule has 2 fully saturated rings. The number of fused-ring (bicyclic) bond motifs is 1. The normalized spacial score (nSPS) is 28.2. The number of H-pyrrole nitrogens is 1. The van der Waals surface area contributed by atoms with Crippen LogP contribution in [0.4, 0.5) is 5.82 Å². The van der Waals surface area contributed by atoms with Gasteiger partial charge in [0.2, 0.25) is 5.82 Å². The average molecular weight is 387 g/mol. The Hall–Kier alpha value is -3.62. The van der Waals surface area contributed by atoms with Gasteiger partial charge in [0.1, 0.15) is 11.4 Å². The summed E-state index contributed by atoms with van der Waals surface area (Å²) in [5.74, 6) is 1.04. The zero-order valence-electron chi connectivity index (χ0n) is 15.5. The van der Waals surface area contributed by atoms with E-state index in [0.29, 0.717) is 18.1 Å². The van der Waals surface area contributed by atoms with Crippen LogP contribution in [0.3, 0.4) is 0 Å². The van der Waals surface area contributed by atoms with Crippen molar-refractivity contribution in [3.8, 4) is 0 Å². The summed E-state index contributed by atoms with van der Waals surface area (Å²) in [6.45, 7) is 0. The maximum atomic E-state index is 13.1. The minimum Gasteiger partial charge on any atom is -0.334 e. The molecule has 1 aromatic carbocycles. The Labute approximate surface area is 165 Å². The highest BCUT2D eigenvalue weighted by Crippen LogP contribution is 2.81. The van der Waals surface area contributed by atoms with Crippen molar-refractivity contribution in [2.24, 2.45) is 11.8 Å². The van der Waals surface area contributed by atoms with E-state index in [-0.39, 0.29) is 29.5 Å². The topological polar surface area (TPSA) is 117 Å². The van der Waals surface area contributed by atoms with Gasteiger partial charge in [-0.15, -0.1) is 10.2 Å². The van der Waals surface area contributed by atoms with Crippen molar-refractivity contribution >= 4 is 17.6 Å². The van der Waals surface area contributed by atoms with Crippen LogP contribution in [-0.4, -0.2) is 49.6 Å². The maximum Gasteiger partial charge on any atom is 0.289 e. The second-order valence-electron chi connectivity index (χ2n) is 7.81. The Kier molecular flexibility index (Phi) is 3.08. The number of aromatic nitrogens is 5. The Balaban J connectivity index is 1.22. The van der Waals surface area contributed by atoms with Crippen molar-refractivity contribution in [1.82, 2.24) is 30.5 Å². The molecule has 0 saturated heterocycles. The van der Waals surface area contributed by atoms with E-state index in [9.17, 15) is 9.59 Å². The molecule has 1 unspecified atom stereocenters. The Morgan fingerprint density at radius 2 is 1.93 bits per heavy atom. The van der Waals surface area contributed by atoms with Crippen molar-refractivity contribution in [3.63, 3.8) is 0 Å². The van der Waals surface area contributed by atoms with Gasteiger partial charge < -0.3 is 10.3 Å². The number of carbonyl (C=O) groups excluding carboxylic acids is 2. The standard InChI is InChI=1S/C20H17N7O2/c1-27-17-15(21-7-8-22-17)12-13-14(12)20(13,19(27)29)24-18(28)16-23-11(25-26-16)9-10-5-3-2-4-6-10/h2-8,12-14H,9H2,1H3,(H,24,28)(H,23,25,26)/t12-,13+,14?,20+/m0/s1. The smallest absolute Gasteiger partial charge is 0.289 e. The van der Waals surface area contributed by atoms with Gasteiger partial charge in [-0.25, -0.2) is 4.98 Å². The summed E-state index contributed by atoms with van der Waals surface area (Å²) in [6, 6.07) is 9.81. The van der Waals surface area contributed by atoms with Gasteiger partial charge >= 0.3 is 0 Å². The molecule has 4 atom stereocenters. The fourth-order valence-corrected chi connectivity index (χ4v) is 4.77. The molecule has 0 spiro atoms. The predicted octanol–water partition coefficient (Wildman–Crippen LogP) is 0.674. The second-order valence-corrected chi connectivity index (χ2v) is 7.81. The van der Waals surface area contributed by atoms with Crippen LogP contribution in [0.15, 0.2) is 42.7 Å². The number of likely N-dealkylation sites (N-methyl/N-ethyl adjacent to an activating group) is 1. The van der Waals surface area contributed by atoms with Crippen LogP contribution in [0.25, 0.3) is 0 Å². The Morgan fingerprint density at radius 1 is 1.17 bits per heavy atom. The molecule has 2 N–H and O–H groups in total. The average Bonchev–Trinajstić information content (AvgIpc) is 3.60. The van der Waals surface area contributed by atoms with Crippen LogP contribution in [-0.2, 0) is 11.2 Å². The molecule has 9 nitrogen and oxygen atoms in total. The minimum atomic E-state index is -0.884. The summed E-state index contributed by atoms with van der Waals surface area (Å²) in [6.07, 6.45) is 3.77. The van der Waals surface area contributed by atoms with Gasteiger partial charge in [0.15, 0.2) is 5.82 Å². The molecule has 4 aliphatic rings.